The minimum absolute atomic E-state index is 0.0542. The second-order valence-corrected chi connectivity index (χ2v) is 6.99. The van der Waals surface area contributed by atoms with Gasteiger partial charge in [0.25, 0.3) is 10.0 Å². The molecule has 2 aromatic rings. The average Bonchev–Trinajstić information content (AvgIpc) is 2.60. The molecule has 1 aromatic carbocycles. The van der Waals surface area contributed by atoms with Gasteiger partial charge in [-0.1, -0.05) is 6.07 Å². The summed E-state index contributed by atoms with van der Waals surface area (Å²) in [4.78, 5) is 0.0542. The average molecular weight is 366 g/mol. The Morgan fingerprint density at radius 1 is 1.08 bits per heavy atom. The van der Waals surface area contributed by atoms with Crippen LogP contribution in [0.5, 0.6) is 5.75 Å². The summed E-state index contributed by atoms with van der Waals surface area (Å²) >= 11 is 0. The molecule has 0 spiro atoms. The van der Waals surface area contributed by atoms with Crippen LogP contribution >= 0.6 is 0 Å². The van der Waals surface area contributed by atoms with E-state index in [9.17, 15) is 8.42 Å². The van der Waals surface area contributed by atoms with Crippen LogP contribution in [0, 0.1) is 6.92 Å². The van der Waals surface area contributed by atoms with Crippen LogP contribution in [-0.2, 0) is 14.8 Å². The Kier molecular flexibility index (Phi) is 6.54. The summed E-state index contributed by atoms with van der Waals surface area (Å²) < 4.78 is 37.7. The third-order valence-electron chi connectivity index (χ3n) is 3.34. The van der Waals surface area contributed by atoms with Crippen molar-refractivity contribution < 1.29 is 17.9 Å². The topological polar surface area (TPSA) is 102 Å². The van der Waals surface area contributed by atoms with E-state index in [-0.39, 0.29) is 16.5 Å². The lowest BCUT2D eigenvalue weighted by molar-refractivity contribution is 0.197. The van der Waals surface area contributed by atoms with E-state index >= 15 is 0 Å². The number of hydrogen-bond acceptors (Lipinski definition) is 7. The molecule has 0 bridgehead atoms. The molecule has 8 nitrogen and oxygen atoms in total. The van der Waals surface area contributed by atoms with E-state index in [1.165, 1.54) is 7.11 Å². The van der Waals surface area contributed by atoms with Gasteiger partial charge in [-0.05, 0) is 43.2 Å². The number of ether oxygens (including phenoxy) is 2. The fraction of sp³-hybridized carbons (Fsp3) is 0.375. The van der Waals surface area contributed by atoms with Gasteiger partial charge in [-0.25, -0.2) is 8.42 Å². The van der Waals surface area contributed by atoms with Crippen molar-refractivity contribution in [2.24, 2.45) is 0 Å². The van der Waals surface area contributed by atoms with Crippen LogP contribution in [0.2, 0.25) is 0 Å². The molecule has 9 heteroatoms. The Morgan fingerprint density at radius 3 is 2.44 bits per heavy atom. The minimum Gasteiger partial charge on any atom is -0.495 e. The fourth-order valence-electron chi connectivity index (χ4n) is 2.10. The molecule has 25 heavy (non-hydrogen) atoms. The van der Waals surface area contributed by atoms with Gasteiger partial charge in [0.1, 0.15) is 16.5 Å². The van der Waals surface area contributed by atoms with Gasteiger partial charge in [-0.15, -0.1) is 10.2 Å². The normalized spacial score (nSPS) is 11.2. The van der Waals surface area contributed by atoms with Gasteiger partial charge in [0, 0.05) is 20.3 Å². The predicted octanol–water partition coefficient (Wildman–Crippen LogP) is 2.04. The van der Waals surface area contributed by atoms with Crippen LogP contribution in [-0.4, -0.2) is 46.0 Å². The molecule has 0 saturated heterocycles. The third kappa shape index (κ3) is 5.30. The molecule has 0 fully saturated rings. The van der Waals surface area contributed by atoms with Crippen molar-refractivity contribution in [1.82, 2.24) is 10.2 Å². The summed E-state index contributed by atoms with van der Waals surface area (Å²) in [5.41, 5.74) is 0.808. The van der Waals surface area contributed by atoms with Crippen molar-refractivity contribution in [2.75, 3.05) is 37.4 Å². The monoisotopic (exact) mass is 366 g/mol. The molecule has 2 N–H and O–H groups in total. The molecule has 1 aromatic heterocycles. The first-order valence-electron chi connectivity index (χ1n) is 7.70. The number of nitrogens with one attached hydrogen (secondary N) is 2. The van der Waals surface area contributed by atoms with Gasteiger partial charge in [0.05, 0.1) is 7.11 Å². The zero-order valence-electron chi connectivity index (χ0n) is 14.4. The number of nitrogens with zero attached hydrogens (tertiary/aromatic N) is 2. The summed E-state index contributed by atoms with van der Waals surface area (Å²) in [5.74, 6) is 0.959. The maximum atomic E-state index is 12.6. The number of methoxy groups -OCH3 is 2. The lowest BCUT2D eigenvalue weighted by Gasteiger charge is -2.12. The molecule has 0 unspecified atom stereocenters. The number of aryl methyl sites for hydroxylation is 1. The maximum absolute atomic E-state index is 12.6. The first-order valence-corrected chi connectivity index (χ1v) is 9.18. The molecule has 0 aliphatic rings. The summed E-state index contributed by atoms with van der Waals surface area (Å²) in [5, 5.41) is 10.9. The van der Waals surface area contributed by atoms with E-state index in [0.717, 1.165) is 12.0 Å². The summed E-state index contributed by atoms with van der Waals surface area (Å²) in [6.07, 6.45) is 0.833. The lowest BCUT2D eigenvalue weighted by Crippen LogP contribution is -2.16. The van der Waals surface area contributed by atoms with Crippen molar-refractivity contribution in [3.05, 3.63) is 35.9 Å². The standard InChI is InChI=1S/C16H22N4O4S/c1-12-5-6-13(24-3)14(11-12)25(21,22)20-16-8-7-15(18-19-16)17-9-4-10-23-2/h5-8,11H,4,9-10H2,1-3H3,(H,17,18)(H,19,20). The Balaban J connectivity index is 2.09. The molecule has 136 valence electrons. The van der Waals surface area contributed by atoms with E-state index in [0.29, 0.717) is 19.0 Å². The van der Waals surface area contributed by atoms with Gasteiger partial charge in [0.2, 0.25) is 0 Å². The molecule has 2 rings (SSSR count). The molecule has 0 aliphatic heterocycles. The van der Waals surface area contributed by atoms with Gasteiger partial charge in [-0.3, -0.25) is 4.72 Å². The molecule has 1 heterocycles. The highest BCUT2D eigenvalue weighted by atomic mass is 32.2. The van der Waals surface area contributed by atoms with Crippen LogP contribution in [0.25, 0.3) is 0 Å². The lowest BCUT2D eigenvalue weighted by atomic mass is 10.2. The van der Waals surface area contributed by atoms with Gasteiger partial charge in [0.15, 0.2) is 5.82 Å². The van der Waals surface area contributed by atoms with Crippen molar-refractivity contribution in [1.29, 1.82) is 0 Å². The van der Waals surface area contributed by atoms with Crippen molar-refractivity contribution >= 4 is 21.7 Å². The molecule has 0 aliphatic carbocycles. The highest BCUT2D eigenvalue weighted by Gasteiger charge is 2.20. The molecule has 0 radical (unpaired) electrons. The second kappa shape index (κ2) is 8.63. The van der Waals surface area contributed by atoms with E-state index in [1.54, 1.807) is 37.4 Å². The van der Waals surface area contributed by atoms with Gasteiger partial charge >= 0.3 is 0 Å². The third-order valence-corrected chi connectivity index (χ3v) is 4.72. The van der Waals surface area contributed by atoms with Crippen molar-refractivity contribution in [2.45, 2.75) is 18.2 Å². The second-order valence-electron chi connectivity index (χ2n) is 5.34. The largest absolute Gasteiger partial charge is 0.495 e. The number of anilines is 2. The van der Waals surface area contributed by atoms with Crippen molar-refractivity contribution in [3.8, 4) is 5.75 Å². The van der Waals surface area contributed by atoms with E-state index in [2.05, 4.69) is 20.2 Å². The van der Waals surface area contributed by atoms with E-state index < -0.39 is 10.0 Å². The van der Waals surface area contributed by atoms with Crippen LogP contribution in [0.15, 0.2) is 35.2 Å². The highest BCUT2D eigenvalue weighted by molar-refractivity contribution is 7.92. The van der Waals surface area contributed by atoms with E-state index in [4.69, 9.17) is 9.47 Å². The zero-order chi connectivity index (χ0) is 18.3. The first kappa shape index (κ1) is 18.9. The Hall–Kier alpha value is -2.39. The molecule has 0 amide bonds. The molecular formula is C16H22N4O4S. The SMILES string of the molecule is COCCCNc1ccc(NS(=O)(=O)c2cc(C)ccc2OC)nn1. The number of sulfonamides is 1. The molecular weight excluding hydrogens is 344 g/mol. The van der Waals surface area contributed by atoms with Crippen molar-refractivity contribution in [3.63, 3.8) is 0 Å². The molecule has 0 atom stereocenters. The highest BCUT2D eigenvalue weighted by Crippen LogP contribution is 2.26. The van der Waals surface area contributed by atoms with Gasteiger partial charge in [-0.2, -0.15) is 0 Å². The van der Waals surface area contributed by atoms with Crippen LogP contribution < -0.4 is 14.8 Å². The molecule has 0 saturated carbocycles. The summed E-state index contributed by atoms with van der Waals surface area (Å²) in [6.45, 7) is 3.15. The van der Waals surface area contributed by atoms with Crippen LogP contribution in [0.1, 0.15) is 12.0 Å². The Labute approximate surface area is 147 Å². The van der Waals surface area contributed by atoms with Crippen LogP contribution in [0.3, 0.4) is 0 Å². The number of rotatable bonds is 9. The first-order chi connectivity index (χ1) is 12.0. The quantitative estimate of drug-likeness (QED) is 0.655. The Morgan fingerprint density at radius 2 is 1.80 bits per heavy atom. The van der Waals surface area contributed by atoms with Gasteiger partial charge < -0.3 is 14.8 Å². The number of benzene rings is 1. The maximum Gasteiger partial charge on any atom is 0.266 e. The predicted molar refractivity (Wildman–Crippen MR) is 95.6 cm³/mol. The van der Waals surface area contributed by atoms with Crippen LogP contribution in [0.4, 0.5) is 11.6 Å². The minimum atomic E-state index is -3.83. The number of hydrogen-bond donors (Lipinski definition) is 2. The van der Waals surface area contributed by atoms with E-state index in [1.807, 2.05) is 6.92 Å². The summed E-state index contributed by atoms with van der Waals surface area (Å²) in [6, 6.07) is 8.14. The Bertz CT molecular complexity index is 794. The summed E-state index contributed by atoms with van der Waals surface area (Å²) in [7, 11) is -0.763. The fourth-order valence-corrected chi connectivity index (χ4v) is 3.35. The zero-order valence-corrected chi connectivity index (χ0v) is 15.3. The number of aromatic nitrogens is 2. The smallest absolute Gasteiger partial charge is 0.266 e.